The highest BCUT2D eigenvalue weighted by Crippen LogP contribution is 2.34. The lowest BCUT2D eigenvalue weighted by Crippen LogP contribution is -2.38. The summed E-state index contributed by atoms with van der Waals surface area (Å²) >= 11 is 1.28. The molecule has 0 aromatic heterocycles. The van der Waals surface area contributed by atoms with Crippen molar-refractivity contribution in [1.29, 1.82) is 0 Å². The average molecular weight is 491 g/mol. The first-order valence-electron chi connectivity index (χ1n) is 10.5. The number of esters is 1. The van der Waals surface area contributed by atoms with Crippen LogP contribution < -0.4 is 9.47 Å². The molecule has 2 heterocycles. The zero-order chi connectivity index (χ0) is 23.4. The van der Waals surface area contributed by atoms with Crippen molar-refractivity contribution in [3.05, 3.63) is 59.7 Å². The lowest BCUT2D eigenvalue weighted by molar-refractivity contribution is -0.141. The van der Waals surface area contributed by atoms with Crippen molar-refractivity contribution in [2.45, 2.75) is 25.2 Å². The van der Waals surface area contributed by atoms with Crippen LogP contribution in [0.5, 0.6) is 11.5 Å². The van der Waals surface area contributed by atoms with E-state index in [0.717, 1.165) is 11.1 Å². The van der Waals surface area contributed by atoms with Gasteiger partial charge in [-0.3, -0.25) is 9.79 Å². The third-order valence-corrected chi connectivity index (χ3v) is 8.26. The number of hydrogen-bond donors (Lipinski definition) is 0. The van der Waals surface area contributed by atoms with E-state index in [0.29, 0.717) is 23.2 Å². The van der Waals surface area contributed by atoms with Crippen LogP contribution in [0.2, 0.25) is 0 Å². The van der Waals surface area contributed by atoms with E-state index in [-0.39, 0.29) is 41.9 Å². The van der Waals surface area contributed by atoms with Gasteiger partial charge in [0.1, 0.15) is 6.61 Å². The number of sulfone groups is 1. The summed E-state index contributed by atoms with van der Waals surface area (Å²) in [7, 11) is 0.00148. The maximum absolute atomic E-state index is 12.3. The van der Waals surface area contributed by atoms with Gasteiger partial charge in [0.25, 0.3) is 0 Å². The van der Waals surface area contributed by atoms with Crippen LogP contribution in [0.25, 0.3) is 0 Å². The van der Waals surface area contributed by atoms with Crippen molar-refractivity contribution in [2.24, 2.45) is 4.99 Å². The maximum atomic E-state index is 12.3. The first kappa shape index (κ1) is 23.4. The third kappa shape index (κ3) is 5.62. The number of nitrogens with zero attached hydrogens (tertiary/aromatic N) is 2. The predicted octanol–water partition coefficient (Wildman–Crippen LogP) is 2.52. The molecule has 0 bridgehead atoms. The summed E-state index contributed by atoms with van der Waals surface area (Å²) in [5.41, 5.74) is 1.85. The largest absolute Gasteiger partial charge is 0.493 e. The molecule has 8 nitrogen and oxygen atoms in total. The molecule has 0 radical (unpaired) electrons. The molecule has 4 rings (SSSR count). The molecule has 1 fully saturated rings. The Kier molecular flexibility index (Phi) is 7.14. The number of carbonyl (C=O) groups is 1. The number of ether oxygens (including phenoxy) is 3. The highest BCUT2D eigenvalue weighted by Gasteiger charge is 2.46. The molecule has 0 amide bonds. The number of fused-ring (bicyclic) bond motifs is 1. The van der Waals surface area contributed by atoms with Gasteiger partial charge in [-0.2, -0.15) is 0 Å². The number of carbonyl (C=O) groups excluding carboxylic acids is 1. The molecular weight excluding hydrogens is 464 g/mol. The first-order chi connectivity index (χ1) is 15.9. The Balaban J connectivity index is 1.44. The quantitative estimate of drug-likeness (QED) is 0.521. The van der Waals surface area contributed by atoms with Crippen molar-refractivity contribution >= 4 is 32.7 Å². The Morgan fingerprint density at radius 1 is 1.06 bits per heavy atom. The normalized spacial score (nSPS) is 20.8. The molecule has 2 aromatic rings. The zero-order valence-electron chi connectivity index (χ0n) is 18.5. The zero-order valence-corrected chi connectivity index (χ0v) is 20.1. The summed E-state index contributed by atoms with van der Waals surface area (Å²) in [6, 6.07) is 14.5. The Bertz CT molecular complexity index is 1140. The van der Waals surface area contributed by atoms with Crippen LogP contribution in [0.4, 0.5) is 0 Å². The van der Waals surface area contributed by atoms with Crippen LogP contribution in [0.15, 0.2) is 53.5 Å². The van der Waals surface area contributed by atoms with Crippen LogP contribution in [0, 0.1) is 0 Å². The molecule has 0 spiro atoms. The van der Waals surface area contributed by atoms with Crippen LogP contribution in [-0.2, 0) is 32.5 Å². The lowest BCUT2D eigenvalue weighted by atomic mass is 10.1. The van der Waals surface area contributed by atoms with Crippen LogP contribution in [0.1, 0.15) is 11.1 Å². The van der Waals surface area contributed by atoms with Gasteiger partial charge in [-0.15, -0.1) is 0 Å². The Hall–Kier alpha value is -2.72. The van der Waals surface area contributed by atoms with E-state index >= 15 is 0 Å². The van der Waals surface area contributed by atoms with Crippen LogP contribution in [-0.4, -0.2) is 68.0 Å². The number of benzene rings is 2. The third-order valence-electron chi connectivity index (χ3n) is 5.58. The summed E-state index contributed by atoms with van der Waals surface area (Å²) in [5.74, 6) is 1.05. The van der Waals surface area contributed by atoms with E-state index in [1.807, 2.05) is 53.4 Å². The second kappa shape index (κ2) is 10.0. The topological polar surface area (TPSA) is 94.5 Å². The van der Waals surface area contributed by atoms with Crippen LogP contribution in [0.3, 0.4) is 0 Å². The highest BCUT2D eigenvalue weighted by molar-refractivity contribution is 8.14. The lowest BCUT2D eigenvalue weighted by Gasteiger charge is -2.26. The maximum Gasteiger partial charge on any atom is 0.316 e. The SMILES string of the molecule is COc1ccc(CN2C(SCC(=O)OCc3ccccc3)=N[C@@H]3CS(=O)(=O)C[C@@H]32)cc1OC. The number of thioether (sulfide) groups is 1. The predicted molar refractivity (Wildman–Crippen MR) is 127 cm³/mol. The Labute approximate surface area is 197 Å². The molecule has 0 aliphatic carbocycles. The Morgan fingerprint density at radius 3 is 2.55 bits per heavy atom. The number of hydrogen-bond acceptors (Lipinski definition) is 9. The molecule has 176 valence electrons. The Morgan fingerprint density at radius 2 is 1.82 bits per heavy atom. The van der Waals surface area contributed by atoms with Gasteiger partial charge in [0, 0.05) is 6.54 Å². The molecule has 2 aromatic carbocycles. The van der Waals surface area contributed by atoms with Crippen molar-refractivity contribution in [3.8, 4) is 11.5 Å². The molecule has 0 saturated carbocycles. The van der Waals surface area contributed by atoms with Crippen molar-refractivity contribution in [3.63, 3.8) is 0 Å². The van der Waals surface area contributed by atoms with Gasteiger partial charge < -0.3 is 19.1 Å². The summed E-state index contributed by atoms with van der Waals surface area (Å²) in [5, 5.41) is 0.659. The average Bonchev–Trinajstić information content (AvgIpc) is 3.28. The molecule has 0 unspecified atom stereocenters. The van der Waals surface area contributed by atoms with E-state index < -0.39 is 9.84 Å². The fourth-order valence-corrected chi connectivity index (χ4v) is 6.75. The minimum atomic E-state index is -3.14. The summed E-state index contributed by atoms with van der Waals surface area (Å²) in [6.45, 7) is 0.660. The number of aliphatic imine (C=N–C) groups is 1. The minimum Gasteiger partial charge on any atom is -0.493 e. The van der Waals surface area contributed by atoms with Crippen LogP contribution >= 0.6 is 11.8 Å². The van der Waals surface area contributed by atoms with Gasteiger partial charge >= 0.3 is 5.97 Å². The minimum absolute atomic E-state index is 0.0304. The van der Waals surface area contributed by atoms with Gasteiger partial charge in [-0.1, -0.05) is 48.2 Å². The summed E-state index contributed by atoms with van der Waals surface area (Å²) < 4.78 is 40.5. The van der Waals surface area contributed by atoms with Gasteiger partial charge in [-0.05, 0) is 23.3 Å². The second-order valence-electron chi connectivity index (χ2n) is 7.88. The summed E-state index contributed by atoms with van der Waals surface area (Å²) in [4.78, 5) is 18.9. The number of rotatable bonds is 8. The molecule has 1 saturated heterocycles. The van der Waals surface area contributed by atoms with Gasteiger partial charge in [0.15, 0.2) is 26.5 Å². The van der Waals surface area contributed by atoms with E-state index in [4.69, 9.17) is 14.2 Å². The molecular formula is C23H26N2O6S2. The first-order valence-corrected chi connectivity index (χ1v) is 13.3. The van der Waals surface area contributed by atoms with E-state index in [2.05, 4.69) is 4.99 Å². The van der Waals surface area contributed by atoms with Crippen molar-refractivity contribution < 1.29 is 27.4 Å². The monoisotopic (exact) mass is 490 g/mol. The molecule has 2 aliphatic rings. The smallest absolute Gasteiger partial charge is 0.316 e. The fraction of sp³-hybridized carbons (Fsp3) is 0.391. The molecule has 33 heavy (non-hydrogen) atoms. The van der Waals surface area contributed by atoms with Gasteiger partial charge in [-0.25, -0.2) is 8.42 Å². The molecule has 2 aliphatic heterocycles. The molecule has 2 atom stereocenters. The highest BCUT2D eigenvalue weighted by atomic mass is 32.2. The fourth-order valence-electron chi connectivity index (χ4n) is 3.97. The molecule has 10 heteroatoms. The van der Waals surface area contributed by atoms with E-state index in [1.165, 1.54) is 11.8 Å². The molecule has 0 N–H and O–H groups in total. The van der Waals surface area contributed by atoms with E-state index in [1.54, 1.807) is 14.2 Å². The van der Waals surface area contributed by atoms with E-state index in [9.17, 15) is 13.2 Å². The summed E-state index contributed by atoms with van der Waals surface area (Å²) in [6.07, 6.45) is 0. The van der Waals surface area contributed by atoms with Gasteiger partial charge in [0.2, 0.25) is 0 Å². The second-order valence-corrected chi connectivity index (χ2v) is 11.0. The standard InChI is InChI=1S/C23H26N2O6S2/c1-29-20-9-8-17(10-21(20)30-2)11-25-19-15-33(27,28)14-18(19)24-23(25)32-13-22(26)31-12-16-6-4-3-5-7-16/h3-10,18-19H,11-15H2,1-2H3/t18-,19+/m1/s1. The number of methoxy groups -OCH3 is 2. The van der Waals surface area contributed by atoms with Crippen molar-refractivity contribution in [1.82, 2.24) is 4.90 Å². The van der Waals surface area contributed by atoms with Crippen molar-refractivity contribution in [2.75, 3.05) is 31.5 Å². The van der Waals surface area contributed by atoms with Gasteiger partial charge in [0.05, 0.1) is 43.6 Å². The number of amidine groups is 1.